The third-order valence-electron chi connectivity index (χ3n) is 3.91. The molecule has 2 aromatic carbocycles. The van der Waals surface area contributed by atoms with Gasteiger partial charge in [0.05, 0.1) is 5.56 Å². The summed E-state index contributed by atoms with van der Waals surface area (Å²) in [5, 5.41) is 1.29. The summed E-state index contributed by atoms with van der Waals surface area (Å²) in [5.41, 5.74) is 7.13. The van der Waals surface area contributed by atoms with Gasteiger partial charge in [-0.3, -0.25) is 4.79 Å². The van der Waals surface area contributed by atoms with Gasteiger partial charge in [0.25, 0.3) is 5.91 Å². The number of fused-ring (bicyclic) bond motifs is 1. The second-order valence-electron chi connectivity index (χ2n) is 5.53. The number of hydrogen-bond donors (Lipinski definition) is 1. The molecule has 0 aliphatic carbocycles. The van der Waals surface area contributed by atoms with Gasteiger partial charge < -0.3 is 14.9 Å². The van der Waals surface area contributed by atoms with E-state index in [1.54, 1.807) is 36.4 Å². The van der Waals surface area contributed by atoms with Crippen molar-refractivity contribution in [2.45, 2.75) is 20.0 Å². The molecule has 0 unspecified atom stereocenters. The Kier molecular flexibility index (Phi) is 4.76. The van der Waals surface area contributed by atoms with E-state index in [0.29, 0.717) is 27.3 Å². The van der Waals surface area contributed by atoms with Gasteiger partial charge in [-0.25, -0.2) is 4.79 Å². The fraction of sp³-hybridized carbons (Fsp3) is 0.158. The quantitative estimate of drug-likeness (QED) is 0.706. The molecule has 0 atom stereocenters. The highest BCUT2D eigenvalue weighted by Crippen LogP contribution is 2.27. The fourth-order valence-corrected chi connectivity index (χ4v) is 2.93. The van der Waals surface area contributed by atoms with Gasteiger partial charge in [-0.1, -0.05) is 30.7 Å². The largest absolute Gasteiger partial charge is 0.488 e. The van der Waals surface area contributed by atoms with Gasteiger partial charge >= 0.3 is 5.63 Å². The van der Waals surface area contributed by atoms with Crippen molar-refractivity contribution in [1.29, 1.82) is 0 Å². The Morgan fingerprint density at radius 1 is 1.20 bits per heavy atom. The zero-order valence-electron chi connectivity index (χ0n) is 13.5. The Morgan fingerprint density at radius 3 is 2.68 bits per heavy atom. The molecule has 3 rings (SSSR count). The van der Waals surface area contributed by atoms with Crippen LogP contribution in [0.2, 0.25) is 5.02 Å². The van der Waals surface area contributed by atoms with Crippen LogP contribution in [0.5, 0.6) is 5.75 Å². The van der Waals surface area contributed by atoms with Gasteiger partial charge in [-0.05, 0) is 36.2 Å². The predicted octanol–water partition coefficient (Wildman–Crippen LogP) is 3.69. The molecule has 0 bridgehead atoms. The molecule has 1 heterocycles. The first-order chi connectivity index (χ1) is 12.0. The summed E-state index contributed by atoms with van der Waals surface area (Å²) in [6.45, 7) is 2.05. The Bertz CT molecular complexity index is 1010. The molecule has 5 nitrogen and oxygen atoms in total. The van der Waals surface area contributed by atoms with Gasteiger partial charge in [0.15, 0.2) is 0 Å². The summed E-state index contributed by atoms with van der Waals surface area (Å²) < 4.78 is 11.0. The van der Waals surface area contributed by atoms with Crippen molar-refractivity contribution in [1.82, 2.24) is 0 Å². The maximum atomic E-state index is 11.8. The number of halogens is 1. The Balaban J connectivity index is 2.01. The van der Waals surface area contributed by atoms with Crippen LogP contribution in [-0.2, 0) is 13.0 Å². The first kappa shape index (κ1) is 17.0. The molecule has 3 aromatic rings. The molecule has 0 aliphatic rings. The van der Waals surface area contributed by atoms with E-state index in [1.807, 2.05) is 6.92 Å². The van der Waals surface area contributed by atoms with Crippen molar-refractivity contribution in [3.8, 4) is 5.75 Å². The van der Waals surface area contributed by atoms with Crippen molar-refractivity contribution in [3.05, 3.63) is 74.6 Å². The molecule has 1 amide bonds. The number of hydrogen-bond acceptors (Lipinski definition) is 4. The van der Waals surface area contributed by atoms with Crippen LogP contribution in [0.1, 0.15) is 28.4 Å². The van der Waals surface area contributed by atoms with E-state index in [2.05, 4.69) is 0 Å². The van der Waals surface area contributed by atoms with Crippen LogP contribution in [0.3, 0.4) is 0 Å². The molecule has 1 aromatic heterocycles. The lowest BCUT2D eigenvalue weighted by molar-refractivity contribution is 0.0996. The Morgan fingerprint density at radius 2 is 1.96 bits per heavy atom. The summed E-state index contributed by atoms with van der Waals surface area (Å²) in [4.78, 5) is 23.3. The molecule has 128 valence electrons. The van der Waals surface area contributed by atoms with E-state index in [9.17, 15) is 9.59 Å². The molecule has 2 N–H and O–H groups in total. The first-order valence-electron chi connectivity index (χ1n) is 7.76. The van der Waals surface area contributed by atoms with E-state index in [0.717, 1.165) is 12.0 Å². The summed E-state index contributed by atoms with van der Waals surface area (Å²) >= 11 is 6.28. The standard InChI is InChI=1S/C19H16ClNO4/c1-2-11-7-17-14(9-15(11)20)12(8-18(22)25-17)10-24-16-6-4-3-5-13(16)19(21)23/h3-9H,2,10H2,1H3,(H2,21,23). The maximum Gasteiger partial charge on any atom is 0.336 e. The number of rotatable bonds is 5. The minimum atomic E-state index is -0.580. The zero-order chi connectivity index (χ0) is 18.0. The highest BCUT2D eigenvalue weighted by Gasteiger charge is 2.12. The molecular formula is C19H16ClNO4. The highest BCUT2D eigenvalue weighted by molar-refractivity contribution is 6.32. The average Bonchev–Trinajstić information content (AvgIpc) is 2.59. The number of carbonyl (C=O) groups is 1. The van der Waals surface area contributed by atoms with Gasteiger partial charge in [0.2, 0.25) is 0 Å². The topological polar surface area (TPSA) is 82.5 Å². The third-order valence-corrected chi connectivity index (χ3v) is 4.27. The minimum absolute atomic E-state index is 0.0776. The molecule has 0 saturated carbocycles. The predicted molar refractivity (Wildman–Crippen MR) is 96.2 cm³/mol. The molecule has 0 saturated heterocycles. The number of ether oxygens (including phenoxy) is 1. The Labute approximate surface area is 149 Å². The SMILES string of the molecule is CCc1cc2oc(=O)cc(COc3ccccc3C(N)=O)c2cc1Cl. The average molecular weight is 358 g/mol. The van der Waals surface area contributed by atoms with Crippen LogP contribution >= 0.6 is 11.6 Å². The number of benzene rings is 2. The lowest BCUT2D eigenvalue weighted by Gasteiger charge is -2.11. The monoisotopic (exact) mass is 357 g/mol. The van der Waals surface area contributed by atoms with Crippen LogP contribution in [0.25, 0.3) is 11.0 Å². The summed E-state index contributed by atoms with van der Waals surface area (Å²) in [7, 11) is 0. The molecule has 25 heavy (non-hydrogen) atoms. The molecule has 0 radical (unpaired) electrons. The van der Waals surface area contributed by atoms with Crippen LogP contribution in [0.15, 0.2) is 51.7 Å². The number of primary amides is 1. The number of para-hydroxylation sites is 1. The van der Waals surface area contributed by atoms with E-state index >= 15 is 0 Å². The second-order valence-corrected chi connectivity index (χ2v) is 5.94. The van der Waals surface area contributed by atoms with Crippen molar-refractivity contribution in [3.63, 3.8) is 0 Å². The highest BCUT2D eigenvalue weighted by atomic mass is 35.5. The van der Waals surface area contributed by atoms with Crippen LogP contribution < -0.4 is 16.1 Å². The maximum absolute atomic E-state index is 11.8. The van der Waals surface area contributed by atoms with E-state index in [-0.39, 0.29) is 12.2 Å². The first-order valence-corrected chi connectivity index (χ1v) is 8.14. The number of aryl methyl sites for hydroxylation is 1. The van der Waals surface area contributed by atoms with Crippen molar-refractivity contribution < 1.29 is 13.9 Å². The normalized spacial score (nSPS) is 10.8. The van der Waals surface area contributed by atoms with E-state index < -0.39 is 11.5 Å². The molecule has 0 spiro atoms. The van der Waals surface area contributed by atoms with Crippen LogP contribution in [0.4, 0.5) is 0 Å². The molecule has 6 heteroatoms. The van der Waals surface area contributed by atoms with Crippen LogP contribution in [0, 0.1) is 0 Å². The summed E-state index contributed by atoms with van der Waals surface area (Å²) in [5.74, 6) is -0.226. The van der Waals surface area contributed by atoms with E-state index in [4.69, 9.17) is 26.5 Å². The van der Waals surface area contributed by atoms with Gasteiger partial charge in [-0.2, -0.15) is 0 Å². The minimum Gasteiger partial charge on any atom is -0.488 e. The Hall–Kier alpha value is -2.79. The second kappa shape index (κ2) is 6.99. The number of nitrogens with two attached hydrogens (primary N) is 1. The third kappa shape index (κ3) is 3.51. The fourth-order valence-electron chi connectivity index (χ4n) is 2.63. The van der Waals surface area contributed by atoms with Gasteiger partial charge in [0, 0.05) is 22.0 Å². The van der Waals surface area contributed by atoms with Gasteiger partial charge in [-0.15, -0.1) is 0 Å². The molecule has 0 fully saturated rings. The van der Waals surface area contributed by atoms with Crippen molar-refractivity contribution in [2.75, 3.05) is 0 Å². The number of amides is 1. The number of carbonyl (C=O) groups excluding carboxylic acids is 1. The van der Waals surface area contributed by atoms with E-state index in [1.165, 1.54) is 6.07 Å². The molecular weight excluding hydrogens is 342 g/mol. The van der Waals surface area contributed by atoms with Gasteiger partial charge in [0.1, 0.15) is 17.9 Å². The van der Waals surface area contributed by atoms with Crippen molar-refractivity contribution >= 4 is 28.5 Å². The van der Waals surface area contributed by atoms with Crippen LogP contribution in [-0.4, -0.2) is 5.91 Å². The zero-order valence-corrected chi connectivity index (χ0v) is 14.3. The van der Waals surface area contributed by atoms with Crippen molar-refractivity contribution in [2.24, 2.45) is 5.73 Å². The molecule has 0 aliphatic heterocycles. The smallest absolute Gasteiger partial charge is 0.336 e. The summed E-state index contributed by atoms with van der Waals surface area (Å²) in [6, 6.07) is 11.6. The lowest BCUT2D eigenvalue weighted by atomic mass is 10.1. The summed E-state index contributed by atoms with van der Waals surface area (Å²) in [6.07, 6.45) is 0.727. The lowest BCUT2D eigenvalue weighted by Crippen LogP contribution is -2.13.